The van der Waals surface area contributed by atoms with Crippen molar-refractivity contribution in [2.24, 2.45) is 0 Å². The lowest BCUT2D eigenvalue weighted by Crippen LogP contribution is -2.20. The van der Waals surface area contributed by atoms with Crippen LogP contribution in [0.4, 0.5) is 0 Å². The van der Waals surface area contributed by atoms with Gasteiger partial charge in [0.2, 0.25) is 5.91 Å². The molecule has 22 heavy (non-hydrogen) atoms. The van der Waals surface area contributed by atoms with Gasteiger partial charge in [0.1, 0.15) is 5.69 Å². The number of nitrogens with zero attached hydrogens (tertiary/aromatic N) is 1. The Balaban J connectivity index is 2.12. The summed E-state index contributed by atoms with van der Waals surface area (Å²) < 4.78 is 15.8. The molecule has 1 aromatic carbocycles. The Hall–Kier alpha value is -2.76. The molecule has 0 spiro atoms. The molecule has 1 amide bonds. The predicted molar refractivity (Wildman–Crippen MR) is 81.7 cm³/mol. The summed E-state index contributed by atoms with van der Waals surface area (Å²) in [5.74, 6) is 1.68. The Kier molecular flexibility index (Phi) is 5.19. The Bertz CT molecular complexity index is 677. The van der Waals surface area contributed by atoms with E-state index < -0.39 is 0 Å². The topological polar surface area (TPSA) is 73.6 Å². The molecule has 0 saturated carbocycles. The van der Waals surface area contributed by atoms with Crippen molar-refractivity contribution < 1.29 is 18.8 Å². The van der Waals surface area contributed by atoms with Crippen LogP contribution < -0.4 is 14.8 Å². The molecule has 2 aromatic rings. The van der Waals surface area contributed by atoms with E-state index in [4.69, 9.17) is 14.0 Å². The van der Waals surface area contributed by atoms with Gasteiger partial charge in [-0.2, -0.15) is 0 Å². The van der Waals surface area contributed by atoms with Crippen molar-refractivity contribution in [2.45, 2.75) is 13.5 Å². The predicted octanol–water partition coefficient (Wildman–Crippen LogP) is 2.55. The minimum Gasteiger partial charge on any atom is -0.493 e. The van der Waals surface area contributed by atoms with Crippen LogP contribution in [0.25, 0.3) is 11.3 Å². The average Bonchev–Trinajstić information content (AvgIpc) is 3.01. The minimum absolute atomic E-state index is 0.168. The number of aromatic nitrogens is 1. The third-order valence-electron chi connectivity index (χ3n) is 2.99. The van der Waals surface area contributed by atoms with Crippen molar-refractivity contribution in [1.29, 1.82) is 0 Å². The number of hydrogen-bond acceptors (Lipinski definition) is 5. The number of hydrogen-bond donors (Lipinski definition) is 1. The summed E-state index contributed by atoms with van der Waals surface area (Å²) in [7, 11) is 3.15. The molecule has 0 fully saturated rings. The fraction of sp³-hybridized carbons (Fsp3) is 0.250. The number of carbonyl (C=O) groups is 1. The van der Waals surface area contributed by atoms with E-state index in [-0.39, 0.29) is 5.91 Å². The lowest BCUT2D eigenvalue weighted by atomic mass is 10.1. The Labute approximate surface area is 128 Å². The molecule has 0 saturated heterocycles. The van der Waals surface area contributed by atoms with Gasteiger partial charge in [-0.15, -0.1) is 0 Å². The fourth-order valence-electron chi connectivity index (χ4n) is 1.91. The summed E-state index contributed by atoms with van der Waals surface area (Å²) in [6, 6.07) is 7.23. The summed E-state index contributed by atoms with van der Waals surface area (Å²) >= 11 is 0. The van der Waals surface area contributed by atoms with Gasteiger partial charge >= 0.3 is 0 Å². The van der Waals surface area contributed by atoms with E-state index >= 15 is 0 Å². The Morgan fingerprint density at radius 3 is 2.73 bits per heavy atom. The highest BCUT2D eigenvalue weighted by Gasteiger charge is 2.11. The molecule has 1 heterocycles. The maximum absolute atomic E-state index is 11.4. The third-order valence-corrected chi connectivity index (χ3v) is 2.99. The molecule has 0 aliphatic carbocycles. The quantitative estimate of drug-likeness (QED) is 0.830. The molecule has 0 bridgehead atoms. The van der Waals surface area contributed by atoms with Gasteiger partial charge in [-0.1, -0.05) is 11.2 Å². The van der Waals surface area contributed by atoms with Gasteiger partial charge in [-0.05, 0) is 31.2 Å². The minimum atomic E-state index is -0.168. The maximum Gasteiger partial charge on any atom is 0.243 e. The van der Waals surface area contributed by atoms with Crippen molar-refractivity contribution in [2.75, 3.05) is 14.2 Å². The second-order valence-corrected chi connectivity index (χ2v) is 4.47. The lowest BCUT2D eigenvalue weighted by molar-refractivity contribution is -0.116. The van der Waals surface area contributed by atoms with E-state index in [0.717, 1.165) is 5.56 Å². The maximum atomic E-state index is 11.4. The molecule has 0 aliphatic rings. The average molecular weight is 302 g/mol. The molecule has 116 valence electrons. The summed E-state index contributed by atoms with van der Waals surface area (Å²) in [6.45, 7) is 2.09. The first-order valence-electron chi connectivity index (χ1n) is 6.76. The zero-order valence-corrected chi connectivity index (χ0v) is 12.8. The van der Waals surface area contributed by atoms with Gasteiger partial charge < -0.3 is 19.3 Å². The molecule has 0 atom stereocenters. The van der Waals surface area contributed by atoms with Crippen LogP contribution in [0.15, 0.2) is 40.9 Å². The SMILES string of the molecule is C/C=C\C(=O)NCc1cc(-c2ccc(OC)c(OC)c2)on1. The standard InChI is InChI=1S/C16H18N2O4/c1-4-5-16(19)17-10-12-9-14(22-18-12)11-6-7-13(20-2)15(8-11)21-3/h4-9H,10H2,1-3H3,(H,17,19)/b5-4-. The van der Waals surface area contributed by atoms with Crippen molar-refractivity contribution in [1.82, 2.24) is 10.5 Å². The van der Waals surface area contributed by atoms with E-state index in [1.165, 1.54) is 6.08 Å². The molecule has 0 aliphatic heterocycles. The number of methoxy groups -OCH3 is 2. The second kappa shape index (κ2) is 7.31. The first-order chi connectivity index (χ1) is 10.7. The second-order valence-electron chi connectivity index (χ2n) is 4.47. The smallest absolute Gasteiger partial charge is 0.243 e. The van der Waals surface area contributed by atoms with Crippen LogP contribution in [0.2, 0.25) is 0 Å². The normalized spacial score (nSPS) is 10.7. The number of benzene rings is 1. The molecule has 0 unspecified atom stereocenters. The summed E-state index contributed by atoms with van der Waals surface area (Å²) in [5, 5.41) is 6.65. The largest absolute Gasteiger partial charge is 0.493 e. The molecule has 6 nitrogen and oxygen atoms in total. The zero-order valence-electron chi connectivity index (χ0n) is 12.8. The zero-order chi connectivity index (χ0) is 15.9. The van der Waals surface area contributed by atoms with Gasteiger partial charge in [-0.3, -0.25) is 4.79 Å². The molecular formula is C16H18N2O4. The summed E-state index contributed by atoms with van der Waals surface area (Å²) in [5.41, 5.74) is 1.46. The molecule has 0 radical (unpaired) electrons. The summed E-state index contributed by atoms with van der Waals surface area (Å²) in [4.78, 5) is 11.4. The fourth-order valence-corrected chi connectivity index (χ4v) is 1.91. The van der Waals surface area contributed by atoms with E-state index in [1.54, 1.807) is 39.4 Å². The summed E-state index contributed by atoms with van der Waals surface area (Å²) in [6.07, 6.45) is 3.13. The van der Waals surface area contributed by atoms with Crippen molar-refractivity contribution >= 4 is 5.91 Å². The number of ether oxygens (including phenoxy) is 2. The number of allylic oxidation sites excluding steroid dienone is 1. The Morgan fingerprint density at radius 2 is 2.05 bits per heavy atom. The van der Waals surface area contributed by atoms with E-state index in [1.807, 2.05) is 12.1 Å². The van der Waals surface area contributed by atoms with Crippen LogP contribution in [0, 0.1) is 0 Å². The Morgan fingerprint density at radius 1 is 1.27 bits per heavy atom. The van der Waals surface area contributed by atoms with Crippen LogP contribution in [-0.2, 0) is 11.3 Å². The van der Waals surface area contributed by atoms with Gasteiger partial charge in [0.05, 0.1) is 20.8 Å². The third kappa shape index (κ3) is 3.66. The van der Waals surface area contributed by atoms with Crippen LogP contribution in [0.3, 0.4) is 0 Å². The molecule has 6 heteroatoms. The molecule has 1 aromatic heterocycles. The van der Waals surface area contributed by atoms with E-state index in [0.29, 0.717) is 29.5 Å². The molecular weight excluding hydrogens is 284 g/mol. The number of carbonyl (C=O) groups excluding carboxylic acids is 1. The number of rotatable bonds is 6. The first-order valence-corrected chi connectivity index (χ1v) is 6.76. The first kappa shape index (κ1) is 15.6. The van der Waals surface area contributed by atoms with E-state index in [9.17, 15) is 4.79 Å². The van der Waals surface area contributed by atoms with Crippen LogP contribution in [0.5, 0.6) is 11.5 Å². The highest BCUT2D eigenvalue weighted by atomic mass is 16.5. The van der Waals surface area contributed by atoms with Crippen LogP contribution >= 0.6 is 0 Å². The lowest BCUT2D eigenvalue weighted by Gasteiger charge is -2.07. The van der Waals surface area contributed by atoms with Crippen molar-refractivity contribution in [3.8, 4) is 22.8 Å². The van der Waals surface area contributed by atoms with Crippen LogP contribution in [-0.4, -0.2) is 25.3 Å². The van der Waals surface area contributed by atoms with Crippen molar-refractivity contribution in [3.05, 3.63) is 42.1 Å². The molecule has 2 rings (SSSR count). The van der Waals surface area contributed by atoms with Gasteiger partial charge in [-0.25, -0.2) is 0 Å². The number of amides is 1. The van der Waals surface area contributed by atoms with Gasteiger partial charge in [0.25, 0.3) is 0 Å². The van der Waals surface area contributed by atoms with Crippen molar-refractivity contribution in [3.63, 3.8) is 0 Å². The monoisotopic (exact) mass is 302 g/mol. The molecule has 1 N–H and O–H groups in total. The highest BCUT2D eigenvalue weighted by molar-refractivity contribution is 5.87. The van der Waals surface area contributed by atoms with Crippen LogP contribution in [0.1, 0.15) is 12.6 Å². The van der Waals surface area contributed by atoms with Gasteiger partial charge in [0, 0.05) is 11.6 Å². The highest BCUT2D eigenvalue weighted by Crippen LogP contribution is 2.32. The van der Waals surface area contributed by atoms with Gasteiger partial charge in [0.15, 0.2) is 17.3 Å². The van der Waals surface area contributed by atoms with E-state index in [2.05, 4.69) is 10.5 Å². The number of nitrogens with one attached hydrogen (secondary N) is 1.